The fraction of sp³-hybridized carbons (Fsp3) is 0.200. The Bertz CT molecular complexity index is 960. The maximum atomic E-state index is 12.6. The summed E-state index contributed by atoms with van der Waals surface area (Å²) in [5.41, 5.74) is 2.88. The summed E-state index contributed by atoms with van der Waals surface area (Å²) in [6.07, 6.45) is 2.78. The van der Waals surface area contributed by atoms with Gasteiger partial charge >= 0.3 is 0 Å². The average Bonchev–Trinajstić information content (AvgIpc) is 3.15. The van der Waals surface area contributed by atoms with E-state index in [1.165, 1.54) is 0 Å². The largest absolute Gasteiger partial charge is 0.361 e. The van der Waals surface area contributed by atoms with Crippen molar-refractivity contribution in [1.29, 1.82) is 0 Å². The van der Waals surface area contributed by atoms with Crippen LogP contribution in [-0.4, -0.2) is 16.8 Å². The Morgan fingerprint density at radius 3 is 2.68 bits per heavy atom. The van der Waals surface area contributed by atoms with Crippen LogP contribution in [0, 0.1) is 11.8 Å². The second kappa shape index (κ2) is 6.09. The summed E-state index contributed by atoms with van der Waals surface area (Å²) in [5.74, 6) is 0.378. The third-order valence-electron chi connectivity index (χ3n) is 4.68. The van der Waals surface area contributed by atoms with Crippen LogP contribution < -0.4 is 10.6 Å². The molecule has 2 unspecified atom stereocenters. The van der Waals surface area contributed by atoms with Gasteiger partial charge in [0.05, 0.1) is 5.69 Å². The van der Waals surface area contributed by atoms with E-state index in [1.807, 2.05) is 30.5 Å². The highest BCUT2D eigenvalue weighted by Gasteiger charge is 2.39. The smallest absolute Gasteiger partial charge is 0.255 e. The highest BCUT2D eigenvalue weighted by molar-refractivity contribution is 6.09. The van der Waals surface area contributed by atoms with Gasteiger partial charge in [-0.15, -0.1) is 0 Å². The van der Waals surface area contributed by atoms with E-state index in [2.05, 4.69) is 22.5 Å². The second-order valence-corrected chi connectivity index (χ2v) is 6.59. The maximum absolute atomic E-state index is 12.6. The fourth-order valence-corrected chi connectivity index (χ4v) is 3.05. The van der Waals surface area contributed by atoms with E-state index in [1.54, 1.807) is 24.3 Å². The third kappa shape index (κ3) is 3.13. The van der Waals surface area contributed by atoms with Gasteiger partial charge in [-0.05, 0) is 48.7 Å². The molecule has 0 spiro atoms. The summed E-state index contributed by atoms with van der Waals surface area (Å²) in [5, 5.41) is 6.79. The first kappa shape index (κ1) is 15.4. The van der Waals surface area contributed by atoms with Gasteiger partial charge in [0.1, 0.15) is 0 Å². The van der Waals surface area contributed by atoms with Crippen molar-refractivity contribution in [2.45, 2.75) is 13.3 Å². The summed E-state index contributed by atoms with van der Waals surface area (Å²) < 4.78 is 0. The molecule has 0 saturated heterocycles. The van der Waals surface area contributed by atoms with Crippen molar-refractivity contribution >= 4 is 34.1 Å². The summed E-state index contributed by atoms with van der Waals surface area (Å²) >= 11 is 0. The number of H-pyrrole nitrogens is 1. The Balaban J connectivity index is 1.51. The van der Waals surface area contributed by atoms with Gasteiger partial charge in [-0.3, -0.25) is 9.59 Å². The number of fused-ring (bicyclic) bond motifs is 1. The summed E-state index contributed by atoms with van der Waals surface area (Å²) in [6.45, 7) is 2.07. The van der Waals surface area contributed by atoms with Crippen molar-refractivity contribution < 1.29 is 9.59 Å². The molecule has 0 bridgehead atoms. The predicted molar refractivity (Wildman–Crippen MR) is 98.6 cm³/mol. The zero-order chi connectivity index (χ0) is 17.4. The van der Waals surface area contributed by atoms with E-state index in [-0.39, 0.29) is 17.7 Å². The Morgan fingerprint density at radius 1 is 1.08 bits per heavy atom. The number of hydrogen-bond donors (Lipinski definition) is 3. The zero-order valence-electron chi connectivity index (χ0n) is 13.9. The van der Waals surface area contributed by atoms with E-state index < -0.39 is 0 Å². The minimum absolute atomic E-state index is 0.0298. The molecule has 1 saturated carbocycles. The molecule has 0 radical (unpaired) electrons. The van der Waals surface area contributed by atoms with Crippen molar-refractivity contribution in [3.8, 4) is 0 Å². The molecule has 4 rings (SSSR count). The molecule has 126 valence electrons. The molecule has 0 aliphatic heterocycles. The lowest BCUT2D eigenvalue weighted by atomic mass is 10.1. The molecule has 2 atom stereocenters. The van der Waals surface area contributed by atoms with Gasteiger partial charge in [-0.1, -0.05) is 19.1 Å². The van der Waals surface area contributed by atoms with Crippen LogP contribution in [0.15, 0.2) is 54.7 Å². The molecule has 2 aromatic carbocycles. The van der Waals surface area contributed by atoms with Crippen LogP contribution in [0.3, 0.4) is 0 Å². The summed E-state index contributed by atoms with van der Waals surface area (Å²) in [6, 6.07) is 14.7. The Hall–Kier alpha value is -3.08. The summed E-state index contributed by atoms with van der Waals surface area (Å²) in [4.78, 5) is 27.8. The minimum Gasteiger partial charge on any atom is -0.361 e. The lowest BCUT2D eigenvalue weighted by Crippen LogP contribution is -2.16. The van der Waals surface area contributed by atoms with Crippen molar-refractivity contribution in [2.24, 2.45) is 11.8 Å². The summed E-state index contributed by atoms with van der Waals surface area (Å²) in [7, 11) is 0. The van der Waals surface area contributed by atoms with Crippen molar-refractivity contribution in [1.82, 2.24) is 4.98 Å². The van der Waals surface area contributed by atoms with Gasteiger partial charge in [0.2, 0.25) is 5.91 Å². The van der Waals surface area contributed by atoms with E-state index in [9.17, 15) is 9.59 Å². The lowest BCUT2D eigenvalue weighted by Gasteiger charge is -2.09. The van der Waals surface area contributed by atoms with Gasteiger partial charge in [-0.2, -0.15) is 0 Å². The zero-order valence-corrected chi connectivity index (χ0v) is 13.9. The molecule has 25 heavy (non-hydrogen) atoms. The van der Waals surface area contributed by atoms with Crippen LogP contribution in [0.2, 0.25) is 0 Å². The van der Waals surface area contributed by atoms with E-state index >= 15 is 0 Å². The molecule has 1 fully saturated rings. The number of aromatic nitrogens is 1. The first-order valence-corrected chi connectivity index (χ1v) is 8.40. The van der Waals surface area contributed by atoms with Gasteiger partial charge < -0.3 is 15.6 Å². The molecule has 1 aromatic heterocycles. The number of nitrogens with one attached hydrogen (secondary N) is 3. The van der Waals surface area contributed by atoms with Crippen LogP contribution in [0.1, 0.15) is 23.7 Å². The third-order valence-corrected chi connectivity index (χ3v) is 4.68. The van der Waals surface area contributed by atoms with Gasteiger partial charge in [0, 0.05) is 34.3 Å². The standard InChI is InChI=1S/C20H19N3O2/c1-12-10-16(12)20(25)22-14-5-2-4-13(11-14)19(24)23-18-7-3-6-17-15(18)8-9-21-17/h2-9,11-12,16,21H,10H2,1H3,(H,22,25)(H,23,24). The molecule has 5 heteroatoms. The monoisotopic (exact) mass is 333 g/mol. The second-order valence-electron chi connectivity index (χ2n) is 6.59. The number of rotatable bonds is 4. The fourth-order valence-electron chi connectivity index (χ4n) is 3.05. The molecular formula is C20H19N3O2. The van der Waals surface area contributed by atoms with Crippen molar-refractivity contribution in [3.05, 3.63) is 60.3 Å². The highest BCUT2D eigenvalue weighted by atomic mass is 16.2. The number of anilines is 2. The topological polar surface area (TPSA) is 74.0 Å². The van der Waals surface area contributed by atoms with Crippen LogP contribution in [0.25, 0.3) is 10.9 Å². The molecule has 1 aliphatic carbocycles. The Kier molecular flexibility index (Phi) is 3.76. The first-order chi connectivity index (χ1) is 12.1. The Labute approximate surface area is 145 Å². The lowest BCUT2D eigenvalue weighted by molar-refractivity contribution is -0.117. The molecule has 1 aliphatic rings. The van der Waals surface area contributed by atoms with Crippen LogP contribution >= 0.6 is 0 Å². The van der Waals surface area contributed by atoms with Crippen LogP contribution in [0.4, 0.5) is 11.4 Å². The number of hydrogen-bond acceptors (Lipinski definition) is 2. The average molecular weight is 333 g/mol. The maximum Gasteiger partial charge on any atom is 0.255 e. The normalized spacial score (nSPS) is 18.8. The van der Waals surface area contributed by atoms with E-state index in [0.29, 0.717) is 17.2 Å². The van der Waals surface area contributed by atoms with Gasteiger partial charge in [0.25, 0.3) is 5.91 Å². The van der Waals surface area contributed by atoms with E-state index in [4.69, 9.17) is 0 Å². The number of amides is 2. The van der Waals surface area contributed by atoms with Gasteiger partial charge in [0.15, 0.2) is 0 Å². The Morgan fingerprint density at radius 2 is 1.88 bits per heavy atom. The minimum atomic E-state index is -0.204. The van der Waals surface area contributed by atoms with Crippen molar-refractivity contribution in [2.75, 3.05) is 10.6 Å². The molecule has 3 aromatic rings. The SMILES string of the molecule is CC1CC1C(=O)Nc1cccc(C(=O)Nc2cccc3[nH]ccc23)c1. The number of carbonyl (C=O) groups excluding carboxylic acids is 2. The van der Waals surface area contributed by atoms with Crippen LogP contribution in [0.5, 0.6) is 0 Å². The number of aromatic amines is 1. The highest BCUT2D eigenvalue weighted by Crippen LogP contribution is 2.38. The number of carbonyl (C=O) groups is 2. The number of benzene rings is 2. The predicted octanol–water partition coefficient (Wildman–Crippen LogP) is 4.01. The van der Waals surface area contributed by atoms with E-state index in [0.717, 1.165) is 23.0 Å². The molecule has 2 amide bonds. The quantitative estimate of drug-likeness (QED) is 0.675. The van der Waals surface area contributed by atoms with Gasteiger partial charge in [-0.25, -0.2) is 0 Å². The molecule has 5 nitrogen and oxygen atoms in total. The van der Waals surface area contributed by atoms with Crippen molar-refractivity contribution in [3.63, 3.8) is 0 Å². The first-order valence-electron chi connectivity index (χ1n) is 8.40. The molecule has 3 N–H and O–H groups in total. The molecular weight excluding hydrogens is 314 g/mol. The molecule has 1 heterocycles. The van der Waals surface area contributed by atoms with Crippen LogP contribution in [-0.2, 0) is 4.79 Å².